The van der Waals surface area contributed by atoms with Gasteiger partial charge in [-0.05, 0) is 80.9 Å². The molecule has 0 fully saturated rings. The monoisotopic (exact) mass is 440 g/mol. The van der Waals surface area contributed by atoms with E-state index in [2.05, 4.69) is 23.2 Å². The van der Waals surface area contributed by atoms with E-state index in [1.807, 2.05) is 24.3 Å². The fourth-order valence-corrected chi connectivity index (χ4v) is 4.80. The molecule has 8 heteroatoms. The van der Waals surface area contributed by atoms with Crippen LogP contribution in [0.1, 0.15) is 24.0 Å². The lowest BCUT2D eigenvalue weighted by Gasteiger charge is -2.20. The molecule has 0 aromatic heterocycles. The standard InChI is InChI=1S/C23H28N4O3S/c1-3-13-26(2)14-4-5-16-30-22-10-11-23-20(17-22)12-15-27(23)31(28,29)25-21-8-6-19(18-24)7-9-21/h3,6-11,17,25H,1,4-5,12-16H2,2H3. The van der Waals surface area contributed by atoms with Gasteiger partial charge in [0.05, 0.1) is 29.6 Å². The van der Waals surface area contributed by atoms with Gasteiger partial charge in [0.15, 0.2) is 0 Å². The van der Waals surface area contributed by atoms with Gasteiger partial charge in [-0.1, -0.05) is 6.08 Å². The average molecular weight is 441 g/mol. The van der Waals surface area contributed by atoms with Gasteiger partial charge in [0.2, 0.25) is 0 Å². The molecule has 1 N–H and O–H groups in total. The number of benzene rings is 2. The molecule has 0 bridgehead atoms. The Hall–Kier alpha value is -3.02. The fraction of sp³-hybridized carbons (Fsp3) is 0.348. The first kappa shape index (κ1) is 22.7. The van der Waals surface area contributed by atoms with Gasteiger partial charge in [-0.15, -0.1) is 6.58 Å². The molecule has 1 aliphatic heterocycles. The summed E-state index contributed by atoms with van der Waals surface area (Å²) in [6, 6.07) is 13.9. The van der Waals surface area contributed by atoms with Gasteiger partial charge in [-0.3, -0.25) is 9.03 Å². The molecule has 0 aliphatic carbocycles. The van der Waals surface area contributed by atoms with Crippen molar-refractivity contribution < 1.29 is 13.2 Å². The molecule has 2 aromatic carbocycles. The highest BCUT2D eigenvalue weighted by Crippen LogP contribution is 2.33. The predicted octanol–water partition coefficient (Wildman–Crippen LogP) is 3.55. The zero-order valence-corrected chi connectivity index (χ0v) is 18.6. The van der Waals surface area contributed by atoms with E-state index < -0.39 is 10.2 Å². The van der Waals surface area contributed by atoms with Crippen LogP contribution in [0.4, 0.5) is 11.4 Å². The number of ether oxygens (including phenoxy) is 1. The topological polar surface area (TPSA) is 85.7 Å². The molecular weight excluding hydrogens is 412 g/mol. The lowest BCUT2D eigenvalue weighted by Crippen LogP contribution is -2.34. The molecule has 0 amide bonds. The van der Waals surface area contributed by atoms with Crippen LogP contribution < -0.4 is 13.8 Å². The smallest absolute Gasteiger partial charge is 0.323 e. The Labute approximate surface area is 184 Å². The normalized spacial score (nSPS) is 13.0. The van der Waals surface area contributed by atoms with Crippen LogP contribution in [0.3, 0.4) is 0 Å². The van der Waals surface area contributed by atoms with Crippen molar-refractivity contribution in [3.63, 3.8) is 0 Å². The molecule has 2 aromatic rings. The van der Waals surface area contributed by atoms with Crippen LogP contribution >= 0.6 is 0 Å². The molecule has 1 heterocycles. The Bertz CT molecular complexity index is 1050. The maximum Gasteiger partial charge on any atom is 0.323 e. The van der Waals surface area contributed by atoms with Crippen molar-refractivity contribution in [3.05, 3.63) is 66.2 Å². The summed E-state index contributed by atoms with van der Waals surface area (Å²) in [4.78, 5) is 2.21. The Kier molecular flexibility index (Phi) is 7.55. The molecule has 1 aliphatic rings. The summed E-state index contributed by atoms with van der Waals surface area (Å²) in [6.45, 7) is 6.62. The Morgan fingerprint density at radius 2 is 2.03 bits per heavy atom. The third-order valence-electron chi connectivity index (χ3n) is 5.10. The summed E-state index contributed by atoms with van der Waals surface area (Å²) in [5.74, 6) is 0.762. The van der Waals surface area contributed by atoms with Crippen LogP contribution in [-0.2, 0) is 16.6 Å². The number of nitrogens with one attached hydrogen (secondary N) is 1. The second-order valence-corrected chi connectivity index (χ2v) is 9.11. The average Bonchev–Trinajstić information content (AvgIpc) is 3.18. The second-order valence-electron chi connectivity index (χ2n) is 7.52. The van der Waals surface area contributed by atoms with E-state index in [4.69, 9.17) is 10.00 Å². The lowest BCUT2D eigenvalue weighted by molar-refractivity contribution is 0.287. The summed E-state index contributed by atoms with van der Waals surface area (Å²) < 4.78 is 35.5. The van der Waals surface area contributed by atoms with E-state index in [-0.39, 0.29) is 0 Å². The van der Waals surface area contributed by atoms with Crippen molar-refractivity contribution in [1.82, 2.24) is 4.90 Å². The van der Waals surface area contributed by atoms with Gasteiger partial charge >= 0.3 is 10.2 Å². The highest BCUT2D eigenvalue weighted by atomic mass is 32.2. The van der Waals surface area contributed by atoms with E-state index in [1.54, 1.807) is 30.3 Å². The van der Waals surface area contributed by atoms with E-state index in [0.717, 1.165) is 37.2 Å². The number of hydrogen-bond donors (Lipinski definition) is 1. The van der Waals surface area contributed by atoms with Gasteiger partial charge in [0.1, 0.15) is 5.75 Å². The minimum Gasteiger partial charge on any atom is -0.494 e. The van der Waals surface area contributed by atoms with E-state index in [1.165, 1.54) is 4.31 Å². The van der Waals surface area contributed by atoms with Crippen molar-refractivity contribution in [1.29, 1.82) is 5.26 Å². The van der Waals surface area contributed by atoms with Crippen LogP contribution in [0.2, 0.25) is 0 Å². The van der Waals surface area contributed by atoms with Gasteiger partial charge in [0.25, 0.3) is 0 Å². The van der Waals surface area contributed by atoms with Crippen molar-refractivity contribution >= 4 is 21.6 Å². The van der Waals surface area contributed by atoms with Crippen LogP contribution in [-0.4, -0.2) is 46.6 Å². The highest BCUT2D eigenvalue weighted by molar-refractivity contribution is 7.94. The number of fused-ring (bicyclic) bond motifs is 1. The van der Waals surface area contributed by atoms with E-state index in [0.29, 0.717) is 36.5 Å². The predicted molar refractivity (Wildman–Crippen MR) is 124 cm³/mol. The highest BCUT2D eigenvalue weighted by Gasteiger charge is 2.29. The van der Waals surface area contributed by atoms with Crippen molar-refractivity contribution in [2.75, 3.05) is 42.3 Å². The first-order valence-electron chi connectivity index (χ1n) is 10.3. The first-order chi connectivity index (χ1) is 14.9. The molecule has 0 spiro atoms. The Morgan fingerprint density at radius 3 is 2.74 bits per heavy atom. The zero-order chi connectivity index (χ0) is 22.3. The van der Waals surface area contributed by atoms with E-state index in [9.17, 15) is 8.42 Å². The van der Waals surface area contributed by atoms with Gasteiger partial charge in [-0.2, -0.15) is 13.7 Å². The van der Waals surface area contributed by atoms with Crippen LogP contribution in [0.25, 0.3) is 0 Å². The summed E-state index contributed by atoms with van der Waals surface area (Å²) in [5, 5.41) is 8.88. The molecule has 0 unspecified atom stereocenters. The van der Waals surface area contributed by atoms with Gasteiger partial charge < -0.3 is 9.64 Å². The minimum absolute atomic E-state index is 0.375. The Balaban J connectivity index is 1.56. The number of anilines is 2. The minimum atomic E-state index is -3.75. The summed E-state index contributed by atoms with van der Waals surface area (Å²) in [6.07, 6.45) is 4.52. The number of nitrogens with zero attached hydrogens (tertiary/aromatic N) is 3. The van der Waals surface area contributed by atoms with Crippen molar-refractivity contribution in [3.8, 4) is 11.8 Å². The molecule has 0 radical (unpaired) electrons. The molecule has 0 atom stereocenters. The van der Waals surface area contributed by atoms with Crippen molar-refractivity contribution in [2.24, 2.45) is 0 Å². The fourth-order valence-electron chi connectivity index (χ4n) is 3.49. The summed E-state index contributed by atoms with van der Waals surface area (Å²) in [5.41, 5.74) is 2.52. The molecule has 0 saturated carbocycles. The number of rotatable bonds is 11. The largest absolute Gasteiger partial charge is 0.494 e. The number of unbranched alkanes of at least 4 members (excludes halogenated alkanes) is 1. The maximum absolute atomic E-state index is 12.9. The molecule has 7 nitrogen and oxygen atoms in total. The van der Waals surface area contributed by atoms with Crippen LogP contribution in [0.15, 0.2) is 55.1 Å². The third kappa shape index (κ3) is 6.00. The molecule has 164 valence electrons. The SMILES string of the molecule is C=CCN(C)CCCCOc1ccc2c(c1)CCN2S(=O)(=O)Nc1ccc(C#N)cc1. The number of likely N-dealkylation sites (N-methyl/N-ethyl adjacent to an activating group) is 1. The summed E-state index contributed by atoms with van der Waals surface area (Å²) >= 11 is 0. The quantitative estimate of drug-likeness (QED) is 0.427. The molecule has 31 heavy (non-hydrogen) atoms. The first-order valence-corrected chi connectivity index (χ1v) is 11.7. The van der Waals surface area contributed by atoms with E-state index >= 15 is 0 Å². The molecule has 3 rings (SSSR count). The molecule has 0 saturated heterocycles. The maximum atomic E-state index is 12.9. The van der Waals surface area contributed by atoms with Gasteiger partial charge in [-0.25, -0.2) is 0 Å². The van der Waals surface area contributed by atoms with Crippen LogP contribution in [0, 0.1) is 11.3 Å². The van der Waals surface area contributed by atoms with Crippen LogP contribution in [0.5, 0.6) is 5.75 Å². The summed E-state index contributed by atoms with van der Waals surface area (Å²) in [7, 11) is -1.68. The van der Waals surface area contributed by atoms with Crippen molar-refractivity contribution in [2.45, 2.75) is 19.3 Å². The third-order valence-corrected chi connectivity index (χ3v) is 6.55. The Morgan fingerprint density at radius 1 is 1.26 bits per heavy atom. The lowest BCUT2D eigenvalue weighted by atomic mass is 10.1. The zero-order valence-electron chi connectivity index (χ0n) is 17.8. The van der Waals surface area contributed by atoms with Gasteiger partial charge in [0, 0.05) is 13.1 Å². The second kappa shape index (κ2) is 10.3. The number of hydrogen-bond acceptors (Lipinski definition) is 5. The molecular formula is C23H28N4O3S. The number of nitriles is 1.